The van der Waals surface area contributed by atoms with Gasteiger partial charge in [0.25, 0.3) is 0 Å². The number of hydrogen-bond donors (Lipinski definition) is 0. The van der Waals surface area contributed by atoms with Crippen LogP contribution in [0.4, 0.5) is 0 Å². The Morgan fingerprint density at radius 1 is 0.837 bits per heavy atom. The van der Waals surface area contributed by atoms with E-state index in [1.807, 2.05) is 45.0 Å². The third-order valence-electron chi connectivity index (χ3n) is 6.47. The summed E-state index contributed by atoms with van der Waals surface area (Å²) in [4.78, 5) is 35.4. The molecule has 2 aromatic carbocycles. The van der Waals surface area contributed by atoms with Gasteiger partial charge in [-0.3, -0.25) is 4.79 Å². The first-order valence-corrected chi connectivity index (χ1v) is 14.9. The van der Waals surface area contributed by atoms with Crippen LogP contribution in [0.5, 0.6) is 5.75 Å². The maximum atomic E-state index is 12.2. The lowest BCUT2D eigenvalue weighted by Gasteiger charge is -2.24. The molecule has 0 amide bonds. The second-order valence-electron chi connectivity index (χ2n) is 10.8. The van der Waals surface area contributed by atoms with Crippen molar-refractivity contribution in [1.29, 1.82) is 0 Å². The SMILES string of the molecule is C=CC(=O)OC(C)(C)CCCCCC(=O)OCCCCCCOC=C=C=Cc1ccc(OC(=O)c2ccc(C)cc2)cc1. The van der Waals surface area contributed by atoms with Crippen LogP contribution >= 0.6 is 0 Å². The predicted molar refractivity (Wildman–Crippen MR) is 167 cm³/mol. The smallest absolute Gasteiger partial charge is 0.343 e. The first kappa shape index (κ1) is 34.9. The molecule has 0 N–H and O–H groups in total. The summed E-state index contributed by atoms with van der Waals surface area (Å²) in [5.74, 6) is -0.497. The lowest BCUT2D eigenvalue weighted by atomic mass is 10.00. The van der Waals surface area contributed by atoms with Crippen LogP contribution < -0.4 is 4.74 Å². The van der Waals surface area contributed by atoms with E-state index < -0.39 is 17.5 Å². The number of esters is 3. The van der Waals surface area contributed by atoms with Gasteiger partial charge in [-0.05, 0) is 107 Å². The number of unbranched alkanes of at least 4 members (excludes halogenated alkanes) is 5. The van der Waals surface area contributed by atoms with Gasteiger partial charge in [-0.25, -0.2) is 9.59 Å². The van der Waals surface area contributed by atoms with E-state index in [9.17, 15) is 14.4 Å². The summed E-state index contributed by atoms with van der Waals surface area (Å²) < 4.78 is 21.5. The highest BCUT2D eigenvalue weighted by atomic mass is 16.6. The molecule has 0 radical (unpaired) electrons. The molecule has 0 atom stereocenters. The standard InChI is InChI=1S/C36H44O7/c1-5-33(37)43-36(3,4)25-11-8-9-16-34(38)41-28-13-7-6-12-26-40-27-14-10-15-30-19-23-32(24-20-30)42-35(39)31-21-17-29(2)18-22-31/h5,15,17-24,27H,1,6-9,11-13,16,25-26,28H2,2-4H3. The van der Waals surface area contributed by atoms with E-state index in [-0.39, 0.29) is 5.97 Å². The Bertz CT molecular complexity index is 1260. The van der Waals surface area contributed by atoms with Crippen LogP contribution in [0.2, 0.25) is 0 Å². The van der Waals surface area contributed by atoms with Crippen LogP contribution in [0, 0.1) is 6.92 Å². The Hall–Kier alpha value is -4.31. The Labute approximate surface area is 255 Å². The van der Waals surface area contributed by atoms with Crippen LogP contribution in [-0.2, 0) is 23.8 Å². The molecule has 0 heterocycles. The van der Waals surface area contributed by atoms with Crippen LogP contribution in [0.1, 0.15) is 93.1 Å². The minimum atomic E-state index is -0.529. The Morgan fingerprint density at radius 2 is 1.51 bits per heavy atom. The highest BCUT2D eigenvalue weighted by Crippen LogP contribution is 2.20. The molecule has 0 aliphatic carbocycles. The molecule has 2 rings (SSSR count). The van der Waals surface area contributed by atoms with Gasteiger partial charge < -0.3 is 18.9 Å². The van der Waals surface area contributed by atoms with E-state index in [4.69, 9.17) is 18.9 Å². The normalized spacial score (nSPS) is 10.5. The molecule has 0 spiro atoms. The zero-order valence-corrected chi connectivity index (χ0v) is 25.7. The number of aryl methyl sites for hydroxylation is 1. The topological polar surface area (TPSA) is 88.1 Å². The van der Waals surface area contributed by atoms with Gasteiger partial charge in [0.1, 0.15) is 17.6 Å². The van der Waals surface area contributed by atoms with Gasteiger partial charge in [-0.1, -0.05) is 48.6 Å². The lowest BCUT2D eigenvalue weighted by molar-refractivity contribution is -0.150. The van der Waals surface area contributed by atoms with Crippen LogP contribution in [0.25, 0.3) is 6.08 Å². The average molecular weight is 589 g/mol. The molecule has 0 aromatic heterocycles. The molecule has 0 unspecified atom stereocenters. The van der Waals surface area contributed by atoms with Crippen molar-refractivity contribution in [2.75, 3.05) is 13.2 Å². The second kappa shape index (κ2) is 19.7. The molecule has 0 saturated carbocycles. The quantitative estimate of drug-likeness (QED) is 0.0409. The summed E-state index contributed by atoms with van der Waals surface area (Å²) in [5.41, 5.74) is 7.74. The molecule has 43 heavy (non-hydrogen) atoms. The summed E-state index contributed by atoms with van der Waals surface area (Å²) in [7, 11) is 0. The number of carbonyl (C=O) groups is 3. The minimum Gasteiger partial charge on any atom is -0.492 e. The Kier molecular flexibility index (Phi) is 16.0. The molecule has 0 aliphatic heterocycles. The maximum Gasteiger partial charge on any atom is 0.343 e. The molecule has 7 nitrogen and oxygen atoms in total. The second-order valence-corrected chi connectivity index (χ2v) is 10.8. The van der Waals surface area contributed by atoms with Gasteiger partial charge in [-0.2, -0.15) is 0 Å². The minimum absolute atomic E-state index is 0.164. The van der Waals surface area contributed by atoms with E-state index in [1.54, 1.807) is 30.3 Å². The largest absolute Gasteiger partial charge is 0.492 e. The van der Waals surface area contributed by atoms with Crippen molar-refractivity contribution in [2.24, 2.45) is 0 Å². The molecular weight excluding hydrogens is 544 g/mol. The molecule has 0 bridgehead atoms. The van der Waals surface area contributed by atoms with E-state index in [2.05, 4.69) is 18.0 Å². The van der Waals surface area contributed by atoms with Gasteiger partial charge in [-0.15, -0.1) is 0 Å². The average Bonchev–Trinajstić information content (AvgIpc) is 2.98. The van der Waals surface area contributed by atoms with Crippen molar-refractivity contribution in [3.05, 3.63) is 95.6 Å². The van der Waals surface area contributed by atoms with Crippen molar-refractivity contribution in [2.45, 2.75) is 84.2 Å². The van der Waals surface area contributed by atoms with Crippen LogP contribution in [0.15, 0.2) is 78.9 Å². The van der Waals surface area contributed by atoms with Gasteiger partial charge >= 0.3 is 17.9 Å². The van der Waals surface area contributed by atoms with E-state index in [0.29, 0.717) is 30.9 Å². The number of rotatable bonds is 19. The highest BCUT2D eigenvalue weighted by molar-refractivity contribution is 5.91. The fraction of sp³-hybridized carbons (Fsp3) is 0.417. The van der Waals surface area contributed by atoms with Gasteiger partial charge in [0.2, 0.25) is 0 Å². The molecule has 0 aliphatic rings. The Morgan fingerprint density at radius 3 is 2.21 bits per heavy atom. The van der Waals surface area contributed by atoms with E-state index >= 15 is 0 Å². The summed E-state index contributed by atoms with van der Waals surface area (Å²) in [6, 6.07) is 14.4. The lowest BCUT2D eigenvalue weighted by Crippen LogP contribution is -2.27. The summed E-state index contributed by atoms with van der Waals surface area (Å²) in [6.07, 6.45) is 11.8. The van der Waals surface area contributed by atoms with Crippen LogP contribution in [-0.4, -0.2) is 36.7 Å². The number of benzene rings is 2. The van der Waals surface area contributed by atoms with Gasteiger partial charge in [0.15, 0.2) is 0 Å². The fourth-order valence-electron chi connectivity index (χ4n) is 4.01. The number of hydrogen-bond acceptors (Lipinski definition) is 7. The van der Waals surface area contributed by atoms with Crippen molar-refractivity contribution in [3.8, 4) is 5.75 Å². The molecule has 0 saturated heterocycles. The maximum absolute atomic E-state index is 12.2. The third-order valence-corrected chi connectivity index (χ3v) is 6.47. The molecular formula is C36H44O7. The highest BCUT2D eigenvalue weighted by Gasteiger charge is 2.21. The first-order valence-electron chi connectivity index (χ1n) is 14.9. The summed E-state index contributed by atoms with van der Waals surface area (Å²) in [5, 5.41) is 0. The van der Waals surface area contributed by atoms with Crippen molar-refractivity contribution in [3.63, 3.8) is 0 Å². The number of ether oxygens (including phenoxy) is 4. The molecule has 7 heteroatoms. The fourth-order valence-corrected chi connectivity index (χ4v) is 4.01. The number of carbonyl (C=O) groups excluding carboxylic acids is 3. The van der Waals surface area contributed by atoms with Crippen LogP contribution in [0.3, 0.4) is 0 Å². The summed E-state index contributed by atoms with van der Waals surface area (Å²) in [6.45, 7) is 10.1. The third kappa shape index (κ3) is 16.1. The zero-order chi connectivity index (χ0) is 31.3. The Balaban J connectivity index is 1.48. The predicted octanol–water partition coefficient (Wildman–Crippen LogP) is 8.07. The van der Waals surface area contributed by atoms with E-state index in [1.165, 1.54) is 12.3 Å². The zero-order valence-electron chi connectivity index (χ0n) is 25.7. The molecule has 2 aromatic rings. The van der Waals surface area contributed by atoms with Crippen molar-refractivity contribution in [1.82, 2.24) is 0 Å². The summed E-state index contributed by atoms with van der Waals surface area (Å²) >= 11 is 0. The van der Waals surface area contributed by atoms with Crippen molar-refractivity contribution < 1.29 is 33.3 Å². The molecule has 230 valence electrons. The van der Waals surface area contributed by atoms with Crippen molar-refractivity contribution >= 4 is 24.0 Å². The first-order chi connectivity index (χ1) is 20.7. The monoisotopic (exact) mass is 588 g/mol. The van der Waals surface area contributed by atoms with Gasteiger partial charge in [0.05, 0.1) is 18.8 Å². The van der Waals surface area contributed by atoms with Gasteiger partial charge in [0, 0.05) is 12.5 Å². The van der Waals surface area contributed by atoms with E-state index in [0.717, 1.165) is 62.5 Å². The molecule has 0 fully saturated rings.